The predicted octanol–water partition coefficient (Wildman–Crippen LogP) is 2.34. The Labute approximate surface area is 147 Å². The summed E-state index contributed by atoms with van der Waals surface area (Å²) in [6, 6.07) is 4.49. The minimum absolute atomic E-state index is 0.146. The van der Waals surface area contributed by atoms with Crippen molar-refractivity contribution in [2.75, 3.05) is 18.4 Å². The molecule has 6 heteroatoms. The van der Waals surface area contributed by atoms with E-state index in [1.807, 2.05) is 12.1 Å². The summed E-state index contributed by atoms with van der Waals surface area (Å²) >= 11 is 0. The number of nitrogens with zero attached hydrogens (tertiary/aromatic N) is 2. The molecule has 0 aliphatic heterocycles. The molecule has 3 aliphatic rings. The number of pyridine rings is 1. The Balaban J connectivity index is 1.33. The summed E-state index contributed by atoms with van der Waals surface area (Å²) in [6.45, 7) is 1.07. The SMILES string of the molecule is O=C(O)CN(CC1CC1)C1CC(Nc2ccc3c(n2)CCCC3=O)C1. The Hall–Kier alpha value is -1.95. The molecule has 0 aromatic carbocycles. The van der Waals surface area contributed by atoms with Gasteiger partial charge in [0.1, 0.15) is 5.82 Å². The van der Waals surface area contributed by atoms with Crippen molar-refractivity contribution >= 4 is 17.6 Å². The molecule has 1 aromatic rings. The summed E-state index contributed by atoms with van der Waals surface area (Å²) in [5.41, 5.74) is 1.69. The minimum Gasteiger partial charge on any atom is -0.480 e. The predicted molar refractivity (Wildman–Crippen MR) is 93.9 cm³/mol. The highest BCUT2D eigenvalue weighted by atomic mass is 16.4. The minimum atomic E-state index is -0.738. The van der Waals surface area contributed by atoms with E-state index in [9.17, 15) is 9.59 Å². The number of rotatable bonds is 7. The Morgan fingerprint density at radius 2 is 2.08 bits per heavy atom. The lowest BCUT2D eigenvalue weighted by atomic mass is 9.85. The van der Waals surface area contributed by atoms with Gasteiger partial charge in [0.25, 0.3) is 0 Å². The first kappa shape index (κ1) is 16.5. The molecule has 6 nitrogen and oxygen atoms in total. The third-order valence-electron chi connectivity index (χ3n) is 5.60. The zero-order valence-electron chi connectivity index (χ0n) is 14.4. The maximum atomic E-state index is 11.9. The van der Waals surface area contributed by atoms with E-state index < -0.39 is 5.97 Å². The number of aromatic nitrogens is 1. The number of aryl methyl sites for hydroxylation is 1. The van der Waals surface area contributed by atoms with Gasteiger partial charge in [-0.1, -0.05) is 0 Å². The van der Waals surface area contributed by atoms with Crippen molar-refractivity contribution in [1.82, 2.24) is 9.88 Å². The number of carbonyl (C=O) groups is 2. The molecule has 2 fully saturated rings. The van der Waals surface area contributed by atoms with Crippen molar-refractivity contribution in [2.24, 2.45) is 5.92 Å². The molecular weight excluding hydrogens is 318 g/mol. The van der Waals surface area contributed by atoms with Crippen molar-refractivity contribution in [2.45, 2.75) is 57.0 Å². The number of nitrogens with one attached hydrogen (secondary N) is 1. The second kappa shape index (κ2) is 6.75. The Morgan fingerprint density at radius 3 is 2.80 bits per heavy atom. The van der Waals surface area contributed by atoms with Crippen LogP contribution in [0.2, 0.25) is 0 Å². The quantitative estimate of drug-likeness (QED) is 0.791. The third kappa shape index (κ3) is 3.84. The van der Waals surface area contributed by atoms with Crippen LogP contribution in [0.25, 0.3) is 0 Å². The fourth-order valence-electron chi connectivity index (χ4n) is 3.94. The number of hydrogen-bond acceptors (Lipinski definition) is 5. The lowest BCUT2D eigenvalue weighted by Crippen LogP contribution is -2.52. The van der Waals surface area contributed by atoms with Gasteiger partial charge in [0.05, 0.1) is 12.2 Å². The topological polar surface area (TPSA) is 82.5 Å². The number of Topliss-reactive ketones (excluding diaryl/α,β-unsaturated/α-hetero) is 1. The molecule has 0 radical (unpaired) electrons. The molecule has 0 spiro atoms. The molecular formula is C19H25N3O3. The molecule has 0 unspecified atom stereocenters. The van der Waals surface area contributed by atoms with Crippen LogP contribution in [0.15, 0.2) is 12.1 Å². The van der Waals surface area contributed by atoms with Gasteiger partial charge >= 0.3 is 5.97 Å². The van der Waals surface area contributed by atoms with Crippen LogP contribution in [-0.2, 0) is 11.2 Å². The van der Waals surface area contributed by atoms with Crippen LogP contribution in [0.5, 0.6) is 0 Å². The average Bonchev–Trinajstić information content (AvgIpc) is 3.33. The Kier molecular flexibility index (Phi) is 4.46. The molecule has 1 heterocycles. The average molecular weight is 343 g/mol. The zero-order valence-corrected chi connectivity index (χ0v) is 14.4. The van der Waals surface area contributed by atoms with Gasteiger partial charge in [0.2, 0.25) is 0 Å². The molecule has 0 amide bonds. The normalized spacial score (nSPS) is 25.4. The molecule has 1 aromatic heterocycles. The number of ketones is 1. The van der Waals surface area contributed by atoms with E-state index in [-0.39, 0.29) is 12.3 Å². The first-order valence-corrected chi connectivity index (χ1v) is 9.34. The van der Waals surface area contributed by atoms with E-state index >= 15 is 0 Å². The van der Waals surface area contributed by atoms with Crippen molar-refractivity contribution in [3.8, 4) is 0 Å². The van der Waals surface area contributed by atoms with Crippen LogP contribution >= 0.6 is 0 Å². The van der Waals surface area contributed by atoms with Crippen LogP contribution in [0, 0.1) is 5.92 Å². The molecule has 0 atom stereocenters. The third-order valence-corrected chi connectivity index (χ3v) is 5.60. The highest BCUT2D eigenvalue weighted by Gasteiger charge is 2.37. The van der Waals surface area contributed by atoms with E-state index in [4.69, 9.17) is 5.11 Å². The number of fused-ring (bicyclic) bond motifs is 1. The Bertz CT molecular complexity index is 680. The van der Waals surface area contributed by atoms with Crippen molar-refractivity contribution < 1.29 is 14.7 Å². The number of carboxylic acids is 1. The number of hydrogen-bond donors (Lipinski definition) is 2. The maximum Gasteiger partial charge on any atom is 0.317 e. The summed E-state index contributed by atoms with van der Waals surface area (Å²) in [6.07, 6.45) is 6.78. The van der Waals surface area contributed by atoms with E-state index in [1.165, 1.54) is 12.8 Å². The van der Waals surface area contributed by atoms with Gasteiger partial charge in [-0.15, -0.1) is 0 Å². The van der Waals surface area contributed by atoms with Crippen molar-refractivity contribution in [1.29, 1.82) is 0 Å². The van der Waals surface area contributed by atoms with Crippen LogP contribution < -0.4 is 5.32 Å². The van der Waals surface area contributed by atoms with Gasteiger partial charge < -0.3 is 10.4 Å². The van der Waals surface area contributed by atoms with Gasteiger partial charge in [-0.05, 0) is 56.6 Å². The summed E-state index contributed by atoms with van der Waals surface area (Å²) in [5, 5.41) is 12.6. The fourth-order valence-corrected chi connectivity index (χ4v) is 3.94. The van der Waals surface area contributed by atoms with Crippen LogP contribution in [-0.4, -0.2) is 51.9 Å². The van der Waals surface area contributed by atoms with Gasteiger partial charge in [-0.2, -0.15) is 0 Å². The zero-order chi connectivity index (χ0) is 17.4. The summed E-state index contributed by atoms with van der Waals surface area (Å²) in [5.74, 6) is 1.00. The number of carboxylic acid groups (broad SMARTS) is 1. The molecule has 25 heavy (non-hydrogen) atoms. The smallest absolute Gasteiger partial charge is 0.317 e. The second-order valence-electron chi connectivity index (χ2n) is 7.70. The molecule has 3 aliphatic carbocycles. The summed E-state index contributed by atoms with van der Waals surface area (Å²) in [4.78, 5) is 29.7. The van der Waals surface area contributed by atoms with Crippen LogP contribution in [0.1, 0.15) is 54.6 Å². The summed E-state index contributed by atoms with van der Waals surface area (Å²) in [7, 11) is 0. The van der Waals surface area contributed by atoms with Gasteiger partial charge in [-0.3, -0.25) is 14.5 Å². The number of anilines is 1. The monoisotopic (exact) mass is 343 g/mol. The molecule has 134 valence electrons. The molecule has 2 saturated carbocycles. The first-order chi connectivity index (χ1) is 12.1. The fraction of sp³-hybridized carbons (Fsp3) is 0.632. The van der Waals surface area contributed by atoms with E-state index in [0.29, 0.717) is 24.4 Å². The maximum absolute atomic E-state index is 11.9. The van der Waals surface area contributed by atoms with E-state index in [2.05, 4.69) is 15.2 Å². The second-order valence-corrected chi connectivity index (χ2v) is 7.70. The largest absolute Gasteiger partial charge is 0.480 e. The lowest BCUT2D eigenvalue weighted by molar-refractivity contribution is -0.139. The van der Waals surface area contributed by atoms with E-state index in [1.54, 1.807) is 0 Å². The Morgan fingerprint density at radius 1 is 1.28 bits per heavy atom. The van der Waals surface area contributed by atoms with Gasteiger partial charge in [-0.25, -0.2) is 4.98 Å². The number of aliphatic carboxylic acids is 1. The number of carbonyl (C=O) groups excluding carboxylic acids is 1. The van der Waals surface area contributed by atoms with Crippen LogP contribution in [0.4, 0.5) is 5.82 Å². The first-order valence-electron chi connectivity index (χ1n) is 9.34. The van der Waals surface area contributed by atoms with E-state index in [0.717, 1.165) is 49.3 Å². The highest BCUT2D eigenvalue weighted by Crippen LogP contribution is 2.34. The van der Waals surface area contributed by atoms with Crippen molar-refractivity contribution in [3.63, 3.8) is 0 Å². The highest BCUT2D eigenvalue weighted by molar-refractivity contribution is 5.98. The summed E-state index contributed by atoms with van der Waals surface area (Å²) < 4.78 is 0. The standard InChI is InChI=1S/C19H25N3O3/c23-17-3-1-2-16-15(17)6-7-18(21-16)20-13-8-14(9-13)22(11-19(24)25)10-12-4-5-12/h6-7,12-14H,1-5,8-11H2,(H,20,21)(H,24,25). The molecule has 4 rings (SSSR count). The van der Waals surface area contributed by atoms with Gasteiger partial charge in [0.15, 0.2) is 5.78 Å². The molecule has 2 N–H and O–H groups in total. The van der Waals surface area contributed by atoms with Crippen LogP contribution in [0.3, 0.4) is 0 Å². The molecule has 0 saturated heterocycles. The van der Waals surface area contributed by atoms with Gasteiger partial charge in [0, 0.05) is 30.6 Å². The van der Waals surface area contributed by atoms with Crippen molar-refractivity contribution in [3.05, 3.63) is 23.4 Å². The lowest BCUT2D eigenvalue weighted by Gasteiger charge is -2.43. The molecule has 0 bridgehead atoms.